The van der Waals surface area contributed by atoms with Gasteiger partial charge in [-0.25, -0.2) is 0 Å². The molecule has 0 amide bonds. The number of aromatic nitrogens is 1. The molecule has 3 nitrogen and oxygen atoms in total. The number of rotatable bonds is 4. The lowest BCUT2D eigenvalue weighted by Crippen LogP contribution is -2.57. The second kappa shape index (κ2) is 11.4. The molecule has 0 aliphatic carbocycles. The summed E-state index contributed by atoms with van der Waals surface area (Å²) in [6, 6.07) is 64.7. The van der Waals surface area contributed by atoms with Crippen LogP contribution in [0.4, 0.5) is 0 Å². The zero-order valence-corrected chi connectivity index (χ0v) is 28.2. The molecule has 0 saturated heterocycles. The van der Waals surface area contributed by atoms with E-state index in [0.717, 1.165) is 78.5 Å². The van der Waals surface area contributed by atoms with Crippen molar-refractivity contribution >= 4 is 44.9 Å². The van der Waals surface area contributed by atoms with Crippen LogP contribution >= 0.6 is 0 Å². The zero-order valence-electron chi connectivity index (χ0n) is 28.2. The van der Waals surface area contributed by atoms with Gasteiger partial charge in [0.25, 0.3) is 6.71 Å². The first-order valence-electron chi connectivity index (χ1n) is 17.8. The number of benzene rings is 8. The average Bonchev–Trinajstić information content (AvgIpc) is 3.55. The molecule has 52 heavy (non-hydrogen) atoms. The molecule has 0 bridgehead atoms. The van der Waals surface area contributed by atoms with E-state index >= 15 is 0 Å². The van der Waals surface area contributed by atoms with E-state index < -0.39 is 0 Å². The summed E-state index contributed by atoms with van der Waals surface area (Å²) >= 11 is 0. The van der Waals surface area contributed by atoms with Gasteiger partial charge in [0.15, 0.2) is 0 Å². The quantitative estimate of drug-likeness (QED) is 0.175. The third-order valence-corrected chi connectivity index (χ3v) is 10.7. The molecule has 2 aliphatic heterocycles. The molecule has 0 saturated carbocycles. The topological polar surface area (TPSA) is 23.4 Å². The monoisotopic (exact) mass is 663 g/mol. The van der Waals surface area contributed by atoms with Gasteiger partial charge in [-0.2, -0.15) is 0 Å². The minimum absolute atomic E-state index is 0.0230. The van der Waals surface area contributed by atoms with Crippen LogP contribution < -0.4 is 25.9 Å². The van der Waals surface area contributed by atoms with Crippen LogP contribution in [0.2, 0.25) is 0 Å². The highest BCUT2D eigenvalue weighted by Crippen LogP contribution is 2.41. The number of fused-ring (bicyclic) bond motifs is 7. The van der Waals surface area contributed by atoms with Crippen molar-refractivity contribution in [3.05, 3.63) is 182 Å². The van der Waals surface area contributed by atoms with Crippen LogP contribution in [0.1, 0.15) is 0 Å². The maximum absolute atomic E-state index is 6.89. The molecule has 2 aliphatic rings. The van der Waals surface area contributed by atoms with Gasteiger partial charge in [-0.3, -0.25) is 0 Å². The molecule has 1 aromatic heterocycles. The lowest BCUT2D eigenvalue weighted by molar-refractivity contribution is 0.465. The fraction of sp³-hybridized carbons (Fsp3) is 0. The Morgan fingerprint density at radius 2 is 0.808 bits per heavy atom. The fourth-order valence-corrected chi connectivity index (χ4v) is 8.30. The van der Waals surface area contributed by atoms with Crippen molar-refractivity contribution in [2.45, 2.75) is 0 Å². The second-order valence-electron chi connectivity index (χ2n) is 13.7. The Bertz CT molecular complexity index is 2690. The van der Waals surface area contributed by atoms with Gasteiger partial charge in [-0.1, -0.05) is 133 Å². The van der Waals surface area contributed by atoms with Crippen molar-refractivity contribution in [1.82, 2.24) is 4.57 Å². The van der Waals surface area contributed by atoms with Gasteiger partial charge in [0.2, 0.25) is 0 Å². The Kier molecular flexibility index (Phi) is 6.35. The molecular formula is C48H30BNO2. The minimum Gasteiger partial charge on any atom is -0.458 e. The van der Waals surface area contributed by atoms with Crippen LogP contribution in [0, 0.1) is 0 Å². The van der Waals surface area contributed by atoms with Gasteiger partial charge in [0.05, 0.1) is 11.0 Å². The maximum atomic E-state index is 6.89. The first kappa shape index (κ1) is 29.0. The summed E-state index contributed by atoms with van der Waals surface area (Å²) in [6.07, 6.45) is 0. The Morgan fingerprint density at radius 3 is 1.37 bits per heavy atom. The number of hydrogen-bond donors (Lipinski definition) is 0. The summed E-state index contributed by atoms with van der Waals surface area (Å²) in [5.41, 5.74) is 13.6. The van der Waals surface area contributed by atoms with E-state index in [1.165, 1.54) is 21.8 Å². The molecule has 0 N–H and O–H groups in total. The summed E-state index contributed by atoms with van der Waals surface area (Å²) < 4.78 is 16.1. The lowest BCUT2D eigenvalue weighted by Gasteiger charge is -2.34. The van der Waals surface area contributed by atoms with Gasteiger partial charge in [-0.15, -0.1) is 0 Å². The Labute approximate surface area is 302 Å². The smallest absolute Gasteiger partial charge is 0.260 e. The molecule has 0 radical (unpaired) electrons. The molecular weight excluding hydrogens is 633 g/mol. The number of ether oxygens (including phenoxy) is 2. The van der Waals surface area contributed by atoms with Crippen LogP contribution in [0.15, 0.2) is 182 Å². The molecule has 0 atom stereocenters. The molecule has 0 fully saturated rings. The van der Waals surface area contributed by atoms with Crippen molar-refractivity contribution in [1.29, 1.82) is 0 Å². The zero-order chi connectivity index (χ0) is 34.2. The number of hydrogen-bond acceptors (Lipinski definition) is 2. The van der Waals surface area contributed by atoms with Gasteiger partial charge in [0.1, 0.15) is 23.0 Å². The predicted octanol–water partition coefficient (Wildman–Crippen LogP) is 10.5. The summed E-state index contributed by atoms with van der Waals surface area (Å²) in [6.45, 7) is -0.0230. The highest BCUT2D eigenvalue weighted by atomic mass is 16.5. The van der Waals surface area contributed by atoms with E-state index in [-0.39, 0.29) is 6.71 Å². The number of para-hydroxylation sites is 2. The largest absolute Gasteiger partial charge is 0.458 e. The summed E-state index contributed by atoms with van der Waals surface area (Å²) in [4.78, 5) is 0. The normalized spacial score (nSPS) is 12.5. The summed E-state index contributed by atoms with van der Waals surface area (Å²) in [5.74, 6) is 3.41. The van der Waals surface area contributed by atoms with Gasteiger partial charge in [0, 0.05) is 21.9 Å². The first-order valence-corrected chi connectivity index (χ1v) is 17.8. The van der Waals surface area contributed by atoms with Crippen LogP contribution in [0.25, 0.3) is 60.9 Å². The van der Waals surface area contributed by atoms with Crippen molar-refractivity contribution in [3.8, 4) is 62.1 Å². The molecule has 3 heterocycles. The highest BCUT2D eigenvalue weighted by molar-refractivity contribution is 6.98. The second-order valence-corrected chi connectivity index (χ2v) is 13.7. The van der Waals surface area contributed by atoms with E-state index in [4.69, 9.17) is 9.47 Å². The van der Waals surface area contributed by atoms with Crippen LogP contribution in [-0.4, -0.2) is 11.3 Å². The Hall–Kier alpha value is -6.78. The molecule has 8 aromatic carbocycles. The van der Waals surface area contributed by atoms with Crippen LogP contribution in [-0.2, 0) is 0 Å². The van der Waals surface area contributed by atoms with Crippen molar-refractivity contribution in [2.24, 2.45) is 0 Å². The van der Waals surface area contributed by atoms with Crippen LogP contribution in [0.3, 0.4) is 0 Å². The van der Waals surface area contributed by atoms with Gasteiger partial charge >= 0.3 is 0 Å². The van der Waals surface area contributed by atoms with E-state index in [2.05, 4.69) is 187 Å². The molecule has 4 heteroatoms. The standard InChI is InChI=1S/C48H30BNO2/c1-3-12-31(13-4-1)34-22-24-40-44(27-34)51-46-29-36(30-47-48(46)49(40)41-25-23-35(28-45(41)52-47)32-14-5-2-6-15-32)33-16-11-17-37(26-33)50-42-20-9-7-18-38(42)39-19-8-10-21-43(39)50/h1-30H. The molecule has 9 aromatic rings. The summed E-state index contributed by atoms with van der Waals surface area (Å²) in [7, 11) is 0. The van der Waals surface area contributed by atoms with E-state index in [9.17, 15) is 0 Å². The van der Waals surface area contributed by atoms with E-state index in [0.29, 0.717) is 0 Å². The van der Waals surface area contributed by atoms with E-state index in [1.54, 1.807) is 0 Å². The Morgan fingerprint density at radius 1 is 0.346 bits per heavy atom. The molecule has 242 valence electrons. The average molecular weight is 664 g/mol. The van der Waals surface area contributed by atoms with Crippen LogP contribution in [0.5, 0.6) is 23.0 Å². The Balaban J connectivity index is 1.09. The van der Waals surface area contributed by atoms with Crippen molar-refractivity contribution < 1.29 is 9.47 Å². The highest BCUT2D eigenvalue weighted by Gasteiger charge is 2.40. The fourth-order valence-electron chi connectivity index (χ4n) is 8.30. The van der Waals surface area contributed by atoms with Crippen molar-refractivity contribution in [2.75, 3.05) is 0 Å². The predicted molar refractivity (Wildman–Crippen MR) is 215 cm³/mol. The third-order valence-electron chi connectivity index (χ3n) is 10.7. The maximum Gasteiger partial charge on any atom is 0.260 e. The number of nitrogens with zero attached hydrogens (tertiary/aromatic N) is 1. The SMILES string of the molecule is c1ccc(-c2ccc3c(c2)Oc2cc(-c4cccc(-n5c6ccccc6c6ccccc65)c4)cc4c2B3c2ccc(-c3ccccc3)cc2O4)cc1. The molecule has 0 spiro atoms. The van der Waals surface area contributed by atoms with Crippen molar-refractivity contribution in [3.63, 3.8) is 0 Å². The lowest BCUT2D eigenvalue weighted by atomic mass is 9.34. The molecule has 11 rings (SSSR count). The minimum atomic E-state index is -0.0230. The van der Waals surface area contributed by atoms with E-state index in [1.807, 2.05) is 0 Å². The summed E-state index contributed by atoms with van der Waals surface area (Å²) in [5, 5.41) is 2.49. The first-order chi connectivity index (χ1) is 25.8. The third kappa shape index (κ3) is 4.48. The van der Waals surface area contributed by atoms with Gasteiger partial charge in [-0.05, 0) is 92.8 Å². The molecule has 0 unspecified atom stereocenters. The van der Waals surface area contributed by atoms with Gasteiger partial charge < -0.3 is 14.0 Å².